The zero-order valence-corrected chi connectivity index (χ0v) is 11.9. The molecule has 0 bridgehead atoms. The van der Waals surface area contributed by atoms with Crippen molar-refractivity contribution in [1.82, 2.24) is 0 Å². The molecule has 4 heteroatoms. The molecule has 0 saturated heterocycles. The highest BCUT2D eigenvalue weighted by Gasteiger charge is 2.41. The molecule has 1 aliphatic carbocycles. The monoisotopic (exact) mass is 300 g/mol. The number of benzene rings is 1. The van der Waals surface area contributed by atoms with E-state index in [4.69, 9.17) is 9.47 Å². The molecule has 3 nitrogen and oxygen atoms in total. The second kappa shape index (κ2) is 4.50. The molecular weight excluding hydrogens is 284 g/mol. The van der Waals surface area contributed by atoms with Gasteiger partial charge in [0.1, 0.15) is 0 Å². The van der Waals surface area contributed by atoms with Crippen LogP contribution in [0.25, 0.3) is 0 Å². The molecule has 1 saturated carbocycles. The number of methoxy groups -OCH3 is 2. The maximum atomic E-state index is 10.0. The van der Waals surface area contributed by atoms with Gasteiger partial charge in [0.25, 0.3) is 0 Å². The molecule has 0 unspecified atom stereocenters. The quantitative estimate of drug-likeness (QED) is 0.929. The van der Waals surface area contributed by atoms with Crippen molar-refractivity contribution in [1.29, 1.82) is 0 Å². The Morgan fingerprint density at radius 2 is 2.00 bits per heavy atom. The van der Waals surface area contributed by atoms with Gasteiger partial charge < -0.3 is 14.6 Å². The molecule has 0 amide bonds. The van der Waals surface area contributed by atoms with Crippen LogP contribution in [0, 0.1) is 6.92 Å². The molecule has 1 aromatic rings. The molecule has 94 valence electrons. The topological polar surface area (TPSA) is 38.7 Å². The molecule has 0 spiro atoms. The smallest absolute Gasteiger partial charge is 0.163 e. The molecule has 0 atom stereocenters. The van der Waals surface area contributed by atoms with Crippen molar-refractivity contribution < 1.29 is 14.6 Å². The van der Waals surface area contributed by atoms with Crippen LogP contribution in [-0.2, 0) is 6.42 Å². The fourth-order valence-electron chi connectivity index (χ4n) is 2.04. The number of hydrogen-bond acceptors (Lipinski definition) is 3. The van der Waals surface area contributed by atoms with Crippen molar-refractivity contribution >= 4 is 15.9 Å². The summed E-state index contributed by atoms with van der Waals surface area (Å²) in [6.07, 6.45) is 2.43. The first-order chi connectivity index (χ1) is 8.00. The SMILES string of the molecule is COc1cc(Br)c(CC2(O)CC2)c(C)c1OC. The lowest BCUT2D eigenvalue weighted by Crippen LogP contribution is -2.13. The number of hydrogen-bond donors (Lipinski definition) is 1. The maximum absolute atomic E-state index is 10.0. The molecule has 0 radical (unpaired) electrons. The van der Waals surface area contributed by atoms with Crippen molar-refractivity contribution in [3.8, 4) is 11.5 Å². The summed E-state index contributed by atoms with van der Waals surface area (Å²) in [5.41, 5.74) is 1.62. The zero-order valence-electron chi connectivity index (χ0n) is 10.3. The highest BCUT2D eigenvalue weighted by molar-refractivity contribution is 9.10. The summed E-state index contributed by atoms with van der Waals surface area (Å²) in [6, 6.07) is 1.90. The van der Waals surface area contributed by atoms with Crippen LogP contribution in [0.2, 0.25) is 0 Å². The predicted molar refractivity (Wildman–Crippen MR) is 69.9 cm³/mol. The summed E-state index contributed by atoms with van der Waals surface area (Å²) in [7, 11) is 3.26. The van der Waals surface area contributed by atoms with E-state index in [9.17, 15) is 5.11 Å². The summed E-state index contributed by atoms with van der Waals surface area (Å²) in [5, 5.41) is 10.0. The lowest BCUT2D eigenvalue weighted by atomic mass is 10.00. The van der Waals surface area contributed by atoms with Gasteiger partial charge in [-0.25, -0.2) is 0 Å². The van der Waals surface area contributed by atoms with Crippen molar-refractivity contribution in [3.05, 3.63) is 21.7 Å². The van der Waals surface area contributed by atoms with Gasteiger partial charge in [-0.05, 0) is 37.0 Å². The van der Waals surface area contributed by atoms with Crippen molar-refractivity contribution in [2.75, 3.05) is 14.2 Å². The van der Waals surface area contributed by atoms with Crippen LogP contribution in [0.5, 0.6) is 11.5 Å². The number of halogens is 1. The standard InChI is InChI=1S/C13H17BrO3/c1-8-9(7-13(15)4-5-13)10(14)6-11(16-2)12(8)17-3/h6,15H,4-5,7H2,1-3H3. The Kier molecular flexibility index (Phi) is 3.36. The molecule has 1 fully saturated rings. The molecule has 1 N–H and O–H groups in total. The Bertz CT molecular complexity index is 439. The average Bonchev–Trinajstić information content (AvgIpc) is 3.02. The Hall–Kier alpha value is -0.740. The maximum Gasteiger partial charge on any atom is 0.163 e. The molecule has 0 heterocycles. The highest BCUT2D eigenvalue weighted by Crippen LogP contribution is 2.44. The van der Waals surface area contributed by atoms with E-state index in [-0.39, 0.29) is 0 Å². The van der Waals surface area contributed by atoms with Gasteiger partial charge in [0.15, 0.2) is 11.5 Å². The van der Waals surface area contributed by atoms with Gasteiger partial charge in [-0.2, -0.15) is 0 Å². The fraction of sp³-hybridized carbons (Fsp3) is 0.538. The number of ether oxygens (including phenoxy) is 2. The summed E-state index contributed by atoms with van der Waals surface area (Å²) >= 11 is 3.54. The first kappa shape index (κ1) is 12.7. The van der Waals surface area contributed by atoms with Crippen molar-refractivity contribution in [2.24, 2.45) is 0 Å². The minimum Gasteiger partial charge on any atom is -0.493 e. The van der Waals surface area contributed by atoms with Crippen LogP contribution in [0.3, 0.4) is 0 Å². The van der Waals surface area contributed by atoms with E-state index in [2.05, 4.69) is 15.9 Å². The fourth-order valence-corrected chi connectivity index (χ4v) is 2.69. The number of aliphatic hydroxyl groups is 1. The van der Waals surface area contributed by atoms with E-state index in [1.54, 1.807) is 14.2 Å². The Balaban J connectivity index is 2.44. The molecule has 1 aromatic carbocycles. The lowest BCUT2D eigenvalue weighted by Gasteiger charge is -2.18. The third kappa shape index (κ3) is 2.43. The van der Waals surface area contributed by atoms with Crippen LogP contribution >= 0.6 is 15.9 Å². The largest absolute Gasteiger partial charge is 0.493 e. The second-order valence-electron chi connectivity index (χ2n) is 4.60. The van der Waals surface area contributed by atoms with E-state index in [0.717, 1.165) is 34.2 Å². The molecule has 0 aliphatic heterocycles. The van der Waals surface area contributed by atoms with Gasteiger partial charge in [0.05, 0.1) is 19.8 Å². The van der Waals surface area contributed by atoms with Gasteiger partial charge in [-0.1, -0.05) is 15.9 Å². The van der Waals surface area contributed by atoms with E-state index in [1.807, 2.05) is 13.0 Å². The molecule has 17 heavy (non-hydrogen) atoms. The highest BCUT2D eigenvalue weighted by atomic mass is 79.9. The number of rotatable bonds is 4. The molecule has 1 aliphatic rings. The summed E-state index contributed by atoms with van der Waals surface area (Å²) < 4.78 is 11.6. The molecule has 2 rings (SSSR count). The van der Waals surface area contributed by atoms with Crippen LogP contribution in [-0.4, -0.2) is 24.9 Å². The zero-order chi connectivity index (χ0) is 12.6. The normalized spacial score (nSPS) is 16.8. The van der Waals surface area contributed by atoms with Gasteiger partial charge in [-0.15, -0.1) is 0 Å². The van der Waals surface area contributed by atoms with Crippen LogP contribution < -0.4 is 9.47 Å². The Labute approximate surface area is 110 Å². The minimum atomic E-state index is -0.507. The second-order valence-corrected chi connectivity index (χ2v) is 5.45. The third-order valence-corrected chi connectivity index (χ3v) is 4.03. The van der Waals surface area contributed by atoms with Gasteiger partial charge in [0, 0.05) is 10.9 Å². The molecule has 0 aromatic heterocycles. The summed E-state index contributed by atoms with van der Waals surface area (Å²) in [6.45, 7) is 1.99. The lowest BCUT2D eigenvalue weighted by molar-refractivity contribution is 0.150. The van der Waals surface area contributed by atoms with Gasteiger partial charge >= 0.3 is 0 Å². The Morgan fingerprint density at radius 1 is 1.35 bits per heavy atom. The van der Waals surface area contributed by atoms with Gasteiger partial charge in [-0.3, -0.25) is 0 Å². The first-order valence-electron chi connectivity index (χ1n) is 5.63. The van der Waals surface area contributed by atoms with Crippen molar-refractivity contribution in [2.45, 2.75) is 31.8 Å². The summed E-state index contributed by atoms with van der Waals surface area (Å²) in [4.78, 5) is 0. The minimum absolute atomic E-state index is 0.507. The van der Waals surface area contributed by atoms with Gasteiger partial charge in [0.2, 0.25) is 0 Å². The van der Waals surface area contributed by atoms with Crippen LogP contribution in [0.4, 0.5) is 0 Å². The van der Waals surface area contributed by atoms with E-state index >= 15 is 0 Å². The van der Waals surface area contributed by atoms with Crippen LogP contribution in [0.15, 0.2) is 10.5 Å². The van der Waals surface area contributed by atoms with Crippen LogP contribution in [0.1, 0.15) is 24.0 Å². The van der Waals surface area contributed by atoms with E-state index < -0.39 is 5.60 Å². The predicted octanol–water partition coefficient (Wildman–Crippen LogP) is 2.84. The first-order valence-corrected chi connectivity index (χ1v) is 6.42. The Morgan fingerprint density at radius 3 is 2.47 bits per heavy atom. The molecular formula is C13H17BrO3. The van der Waals surface area contributed by atoms with E-state index in [1.165, 1.54) is 0 Å². The summed E-state index contributed by atoms with van der Waals surface area (Å²) in [5.74, 6) is 1.46. The average molecular weight is 301 g/mol. The van der Waals surface area contributed by atoms with E-state index in [0.29, 0.717) is 12.2 Å². The third-order valence-electron chi connectivity index (χ3n) is 3.32. The van der Waals surface area contributed by atoms with Crippen molar-refractivity contribution in [3.63, 3.8) is 0 Å².